The fourth-order valence-electron chi connectivity index (χ4n) is 2.56. The molecule has 1 nitrogen and oxygen atoms in total. The van der Waals surface area contributed by atoms with Crippen molar-refractivity contribution in [3.05, 3.63) is 59.2 Å². The summed E-state index contributed by atoms with van der Waals surface area (Å²) in [5, 5.41) is 0.124. The minimum Gasteiger partial charge on any atom is -0.249 e. The smallest absolute Gasteiger partial charge is 0.0855 e. The zero-order valence-corrected chi connectivity index (χ0v) is 12.3. The van der Waals surface area contributed by atoms with Crippen molar-refractivity contribution in [3.63, 3.8) is 0 Å². The lowest BCUT2D eigenvalue weighted by Crippen LogP contribution is -2.10. The molecule has 1 aliphatic rings. The van der Waals surface area contributed by atoms with Gasteiger partial charge >= 0.3 is 0 Å². The second-order valence-electron chi connectivity index (χ2n) is 4.98. The summed E-state index contributed by atoms with van der Waals surface area (Å²) in [7, 11) is -1.04. The van der Waals surface area contributed by atoms with E-state index in [-0.39, 0.29) is 5.38 Å². The van der Waals surface area contributed by atoms with Crippen molar-refractivity contribution in [3.8, 4) is 0 Å². The molecule has 3 rings (SSSR count). The van der Waals surface area contributed by atoms with Gasteiger partial charge in [0.1, 0.15) is 0 Å². The number of benzene rings is 2. The molecule has 0 saturated heterocycles. The van der Waals surface area contributed by atoms with E-state index in [9.17, 15) is 4.21 Å². The Kier molecular flexibility index (Phi) is 3.46. The van der Waals surface area contributed by atoms with Crippen LogP contribution in [-0.2, 0) is 23.6 Å². The van der Waals surface area contributed by atoms with Crippen molar-refractivity contribution in [1.29, 1.82) is 0 Å². The third-order valence-corrected chi connectivity index (χ3v) is 5.14. The molecule has 2 aromatic carbocycles. The van der Waals surface area contributed by atoms with Crippen LogP contribution >= 0.6 is 11.6 Å². The fourth-order valence-corrected chi connectivity index (χ4v) is 4.11. The average Bonchev–Trinajstić information content (AvgIpc) is 2.38. The van der Waals surface area contributed by atoms with Gasteiger partial charge in [0.05, 0.1) is 10.8 Å². The molecule has 1 heterocycles. The zero-order valence-electron chi connectivity index (χ0n) is 10.7. The molecule has 3 heteroatoms. The lowest BCUT2D eigenvalue weighted by atomic mass is 10.0. The normalized spacial score (nSPS) is 18.5. The predicted molar refractivity (Wildman–Crippen MR) is 79.4 cm³/mol. The molecular weight excluding hydrogens is 276 g/mol. The average molecular weight is 291 g/mol. The molecular formula is C16H15ClOS. The summed E-state index contributed by atoms with van der Waals surface area (Å²) in [4.78, 5) is 1.90. The predicted octanol–water partition coefficient (Wildman–Crippen LogP) is 3.93. The minimum atomic E-state index is -1.04. The third kappa shape index (κ3) is 2.47. The van der Waals surface area contributed by atoms with Crippen molar-refractivity contribution >= 4 is 22.4 Å². The SMILES string of the molecule is CC(Cl)Cc1ccc2c(c1)Cc1ccccc1S2=O. The van der Waals surface area contributed by atoms with Crippen LogP contribution in [0.3, 0.4) is 0 Å². The van der Waals surface area contributed by atoms with Gasteiger partial charge < -0.3 is 0 Å². The van der Waals surface area contributed by atoms with E-state index in [0.717, 1.165) is 22.6 Å². The lowest BCUT2D eigenvalue weighted by Gasteiger charge is -2.19. The third-order valence-electron chi connectivity index (χ3n) is 3.39. The summed E-state index contributed by atoms with van der Waals surface area (Å²) in [6, 6.07) is 14.2. The maximum absolute atomic E-state index is 12.5. The Balaban J connectivity index is 2.03. The maximum Gasteiger partial charge on any atom is 0.0855 e. The summed E-state index contributed by atoms with van der Waals surface area (Å²) >= 11 is 6.05. The second kappa shape index (κ2) is 5.10. The van der Waals surface area contributed by atoms with Crippen LogP contribution in [0.2, 0.25) is 0 Å². The molecule has 0 saturated carbocycles. The van der Waals surface area contributed by atoms with Crippen LogP contribution in [-0.4, -0.2) is 9.59 Å². The molecule has 2 unspecified atom stereocenters. The zero-order chi connectivity index (χ0) is 13.4. The summed E-state index contributed by atoms with van der Waals surface area (Å²) in [5.41, 5.74) is 3.56. The van der Waals surface area contributed by atoms with Crippen LogP contribution in [0.15, 0.2) is 52.3 Å². The largest absolute Gasteiger partial charge is 0.249 e. The molecule has 0 radical (unpaired) electrons. The number of hydrogen-bond acceptors (Lipinski definition) is 1. The molecule has 0 bridgehead atoms. The van der Waals surface area contributed by atoms with E-state index in [0.29, 0.717) is 0 Å². The topological polar surface area (TPSA) is 17.1 Å². The van der Waals surface area contributed by atoms with Crippen molar-refractivity contribution < 1.29 is 4.21 Å². The van der Waals surface area contributed by atoms with Gasteiger partial charge in [-0.3, -0.25) is 0 Å². The van der Waals surface area contributed by atoms with Crippen LogP contribution in [0.25, 0.3) is 0 Å². The van der Waals surface area contributed by atoms with E-state index < -0.39 is 10.8 Å². The summed E-state index contributed by atoms with van der Waals surface area (Å²) < 4.78 is 12.5. The standard InChI is InChI=1S/C16H15ClOS/c1-11(17)8-12-6-7-16-14(9-12)10-13-4-2-3-5-15(13)19(16)18/h2-7,9,11H,8,10H2,1H3. The van der Waals surface area contributed by atoms with Crippen LogP contribution in [0.5, 0.6) is 0 Å². The van der Waals surface area contributed by atoms with Crippen LogP contribution in [0.4, 0.5) is 0 Å². The quantitative estimate of drug-likeness (QED) is 0.654. The van der Waals surface area contributed by atoms with Gasteiger partial charge in [-0.05, 0) is 48.6 Å². The Hall–Kier alpha value is -1.12. The van der Waals surface area contributed by atoms with Gasteiger partial charge in [0.2, 0.25) is 0 Å². The van der Waals surface area contributed by atoms with Gasteiger partial charge in [-0.2, -0.15) is 0 Å². The summed E-state index contributed by atoms with van der Waals surface area (Å²) in [5.74, 6) is 0. The number of halogens is 1. The van der Waals surface area contributed by atoms with E-state index in [1.807, 2.05) is 37.3 Å². The molecule has 0 spiro atoms. The summed E-state index contributed by atoms with van der Waals surface area (Å²) in [6.07, 6.45) is 1.71. The van der Waals surface area contributed by atoms with Crippen LogP contribution < -0.4 is 0 Å². The van der Waals surface area contributed by atoms with Gasteiger partial charge in [0.25, 0.3) is 0 Å². The molecule has 0 aromatic heterocycles. The van der Waals surface area contributed by atoms with Crippen LogP contribution in [0.1, 0.15) is 23.6 Å². The number of alkyl halides is 1. The Morgan fingerprint density at radius 2 is 1.89 bits per heavy atom. The maximum atomic E-state index is 12.5. The highest BCUT2D eigenvalue weighted by molar-refractivity contribution is 7.85. The lowest BCUT2D eigenvalue weighted by molar-refractivity contribution is 0.679. The highest BCUT2D eigenvalue weighted by Gasteiger charge is 2.21. The first-order chi connectivity index (χ1) is 9.15. The molecule has 0 fully saturated rings. The molecule has 2 atom stereocenters. The van der Waals surface area contributed by atoms with Crippen molar-refractivity contribution in [2.24, 2.45) is 0 Å². The molecule has 1 aliphatic heterocycles. The van der Waals surface area contributed by atoms with Gasteiger partial charge in [-0.25, -0.2) is 4.21 Å². The van der Waals surface area contributed by atoms with Gasteiger partial charge in [-0.15, -0.1) is 11.6 Å². The Morgan fingerprint density at radius 1 is 1.16 bits per heavy atom. The first-order valence-electron chi connectivity index (χ1n) is 6.40. The second-order valence-corrected chi connectivity index (χ2v) is 7.14. The summed E-state index contributed by atoms with van der Waals surface area (Å²) in [6.45, 7) is 1.99. The highest BCUT2D eigenvalue weighted by Crippen LogP contribution is 2.32. The van der Waals surface area contributed by atoms with Gasteiger partial charge in [0, 0.05) is 15.2 Å². The van der Waals surface area contributed by atoms with E-state index in [4.69, 9.17) is 11.6 Å². The number of fused-ring (bicyclic) bond motifs is 2. The molecule has 19 heavy (non-hydrogen) atoms. The molecule has 98 valence electrons. The van der Waals surface area contributed by atoms with E-state index in [2.05, 4.69) is 12.1 Å². The Labute approximate surface area is 121 Å². The first-order valence-corrected chi connectivity index (χ1v) is 7.99. The van der Waals surface area contributed by atoms with Crippen molar-refractivity contribution in [2.75, 3.05) is 0 Å². The molecule has 0 aliphatic carbocycles. The highest BCUT2D eigenvalue weighted by atomic mass is 35.5. The fraction of sp³-hybridized carbons (Fsp3) is 0.250. The van der Waals surface area contributed by atoms with E-state index in [1.165, 1.54) is 16.7 Å². The van der Waals surface area contributed by atoms with Gasteiger partial charge in [0.15, 0.2) is 0 Å². The number of hydrogen-bond donors (Lipinski definition) is 0. The van der Waals surface area contributed by atoms with E-state index in [1.54, 1.807) is 0 Å². The van der Waals surface area contributed by atoms with Crippen LogP contribution in [0, 0.1) is 0 Å². The first kappa shape index (κ1) is 12.9. The van der Waals surface area contributed by atoms with Crippen molar-refractivity contribution in [1.82, 2.24) is 0 Å². The minimum absolute atomic E-state index is 0.124. The van der Waals surface area contributed by atoms with E-state index >= 15 is 0 Å². The molecule has 0 amide bonds. The Bertz CT molecular complexity index is 649. The molecule has 2 aromatic rings. The number of rotatable bonds is 2. The van der Waals surface area contributed by atoms with Gasteiger partial charge in [-0.1, -0.05) is 30.3 Å². The van der Waals surface area contributed by atoms with Crippen molar-refractivity contribution in [2.45, 2.75) is 34.9 Å². The monoisotopic (exact) mass is 290 g/mol. The Morgan fingerprint density at radius 3 is 2.68 bits per heavy atom. The molecule has 0 N–H and O–H groups in total.